The summed E-state index contributed by atoms with van der Waals surface area (Å²) in [4.78, 5) is 4.31. The van der Waals surface area contributed by atoms with Crippen molar-refractivity contribution < 1.29 is 0 Å². The zero-order chi connectivity index (χ0) is 13.3. The summed E-state index contributed by atoms with van der Waals surface area (Å²) in [5, 5.41) is 1.14. The lowest BCUT2D eigenvalue weighted by Crippen LogP contribution is -2.30. The van der Waals surface area contributed by atoms with Gasteiger partial charge in [0, 0.05) is 6.20 Å². The van der Waals surface area contributed by atoms with Crippen LogP contribution in [0.15, 0.2) is 12.3 Å². The number of hydrogen-bond donors (Lipinski definition) is 1. The Kier molecular flexibility index (Phi) is 4.52. The Balaban J connectivity index is 2.17. The molecule has 1 saturated carbocycles. The molecule has 18 heavy (non-hydrogen) atoms. The second kappa shape index (κ2) is 5.77. The van der Waals surface area contributed by atoms with Gasteiger partial charge in [-0.2, -0.15) is 0 Å². The molecule has 2 N–H and O–H groups in total. The SMILES string of the molecule is CC1CC(C)CC(C(N)c2ncc(Cl)cc2Cl)C1. The highest BCUT2D eigenvalue weighted by atomic mass is 35.5. The van der Waals surface area contributed by atoms with Gasteiger partial charge in [-0.15, -0.1) is 0 Å². The Morgan fingerprint density at radius 2 is 1.83 bits per heavy atom. The third kappa shape index (κ3) is 3.17. The molecular formula is C14H20Cl2N2. The molecule has 0 amide bonds. The van der Waals surface area contributed by atoms with Gasteiger partial charge in [0.2, 0.25) is 0 Å². The van der Waals surface area contributed by atoms with Crippen molar-refractivity contribution in [2.45, 2.75) is 39.2 Å². The third-order valence-electron chi connectivity index (χ3n) is 3.87. The normalized spacial score (nSPS) is 30.2. The van der Waals surface area contributed by atoms with E-state index in [0.717, 1.165) is 30.4 Å². The van der Waals surface area contributed by atoms with Crippen molar-refractivity contribution >= 4 is 23.2 Å². The number of halogens is 2. The van der Waals surface area contributed by atoms with E-state index in [1.807, 2.05) is 0 Å². The molecule has 100 valence electrons. The van der Waals surface area contributed by atoms with E-state index >= 15 is 0 Å². The van der Waals surface area contributed by atoms with Crippen molar-refractivity contribution in [2.24, 2.45) is 23.5 Å². The predicted octanol–water partition coefficient (Wildman–Crippen LogP) is 4.46. The van der Waals surface area contributed by atoms with E-state index in [-0.39, 0.29) is 6.04 Å². The van der Waals surface area contributed by atoms with E-state index in [1.165, 1.54) is 6.42 Å². The van der Waals surface area contributed by atoms with Crippen LogP contribution < -0.4 is 5.73 Å². The Bertz CT molecular complexity index is 412. The van der Waals surface area contributed by atoms with Crippen molar-refractivity contribution in [3.05, 3.63) is 28.0 Å². The van der Waals surface area contributed by atoms with Crippen LogP contribution in [0.3, 0.4) is 0 Å². The Hall–Kier alpha value is -0.310. The molecule has 3 unspecified atom stereocenters. The molecule has 0 aliphatic heterocycles. The van der Waals surface area contributed by atoms with Crippen LogP contribution in [0.5, 0.6) is 0 Å². The van der Waals surface area contributed by atoms with Gasteiger partial charge in [-0.3, -0.25) is 4.98 Å². The molecule has 4 heteroatoms. The minimum Gasteiger partial charge on any atom is -0.322 e. The smallest absolute Gasteiger partial charge is 0.0760 e. The molecule has 1 aliphatic carbocycles. The third-order valence-corrected chi connectivity index (χ3v) is 4.38. The highest BCUT2D eigenvalue weighted by Crippen LogP contribution is 2.39. The van der Waals surface area contributed by atoms with Crippen LogP contribution in [-0.2, 0) is 0 Å². The zero-order valence-electron chi connectivity index (χ0n) is 10.9. The second-order valence-corrected chi connectivity index (χ2v) is 6.57. The average Bonchev–Trinajstić information content (AvgIpc) is 2.26. The molecule has 2 rings (SSSR count). The molecule has 0 bridgehead atoms. The maximum Gasteiger partial charge on any atom is 0.0760 e. The molecule has 0 saturated heterocycles. The first-order valence-electron chi connectivity index (χ1n) is 6.54. The van der Waals surface area contributed by atoms with Gasteiger partial charge < -0.3 is 5.73 Å². The highest BCUT2D eigenvalue weighted by molar-refractivity contribution is 6.34. The lowest BCUT2D eigenvalue weighted by atomic mass is 9.73. The van der Waals surface area contributed by atoms with Gasteiger partial charge >= 0.3 is 0 Å². The molecule has 1 aliphatic rings. The van der Waals surface area contributed by atoms with Gasteiger partial charge in [-0.25, -0.2) is 0 Å². The molecule has 1 aromatic heterocycles. The number of aromatic nitrogens is 1. The van der Waals surface area contributed by atoms with Crippen molar-refractivity contribution in [2.75, 3.05) is 0 Å². The van der Waals surface area contributed by atoms with Gasteiger partial charge in [0.1, 0.15) is 0 Å². The maximum atomic E-state index is 6.36. The first-order chi connectivity index (χ1) is 8.47. The fraction of sp³-hybridized carbons (Fsp3) is 0.643. The largest absolute Gasteiger partial charge is 0.322 e. The highest BCUT2D eigenvalue weighted by Gasteiger charge is 2.30. The van der Waals surface area contributed by atoms with Gasteiger partial charge in [0.15, 0.2) is 0 Å². The average molecular weight is 287 g/mol. The van der Waals surface area contributed by atoms with Crippen LogP contribution in [0.2, 0.25) is 10.0 Å². The number of rotatable bonds is 2. The van der Waals surface area contributed by atoms with E-state index in [2.05, 4.69) is 18.8 Å². The van der Waals surface area contributed by atoms with E-state index in [0.29, 0.717) is 16.0 Å². The van der Waals surface area contributed by atoms with Crippen molar-refractivity contribution in [3.8, 4) is 0 Å². The fourth-order valence-corrected chi connectivity index (χ4v) is 3.70. The van der Waals surface area contributed by atoms with E-state index in [9.17, 15) is 0 Å². The summed E-state index contributed by atoms with van der Waals surface area (Å²) < 4.78 is 0. The molecule has 1 aromatic rings. The van der Waals surface area contributed by atoms with Crippen molar-refractivity contribution in [1.29, 1.82) is 0 Å². The lowest BCUT2D eigenvalue weighted by molar-refractivity contribution is 0.192. The minimum atomic E-state index is -0.0834. The summed E-state index contributed by atoms with van der Waals surface area (Å²) in [6.45, 7) is 4.60. The Labute approximate surface area is 119 Å². The topological polar surface area (TPSA) is 38.9 Å². The van der Waals surface area contributed by atoms with E-state index in [4.69, 9.17) is 28.9 Å². The van der Waals surface area contributed by atoms with Gasteiger partial charge in [0.05, 0.1) is 21.8 Å². The van der Waals surface area contributed by atoms with Crippen LogP contribution in [0.25, 0.3) is 0 Å². The first kappa shape index (κ1) is 14.1. The second-order valence-electron chi connectivity index (χ2n) is 5.72. The molecule has 0 radical (unpaired) electrons. The van der Waals surface area contributed by atoms with Crippen LogP contribution in [0.4, 0.5) is 0 Å². The Morgan fingerprint density at radius 1 is 1.22 bits per heavy atom. The molecule has 3 atom stereocenters. The Morgan fingerprint density at radius 3 is 2.39 bits per heavy atom. The van der Waals surface area contributed by atoms with Crippen LogP contribution in [0, 0.1) is 17.8 Å². The summed E-state index contributed by atoms with van der Waals surface area (Å²) in [5.74, 6) is 1.93. The van der Waals surface area contributed by atoms with Gasteiger partial charge in [-0.05, 0) is 43.1 Å². The van der Waals surface area contributed by atoms with E-state index in [1.54, 1.807) is 12.3 Å². The number of pyridine rings is 1. The maximum absolute atomic E-state index is 6.36. The summed E-state index contributed by atoms with van der Waals surface area (Å²) >= 11 is 12.1. The van der Waals surface area contributed by atoms with Gasteiger partial charge in [0.25, 0.3) is 0 Å². The molecule has 0 aromatic carbocycles. The molecule has 2 nitrogen and oxygen atoms in total. The molecule has 0 spiro atoms. The first-order valence-corrected chi connectivity index (χ1v) is 7.29. The van der Waals surface area contributed by atoms with Gasteiger partial charge in [-0.1, -0.05) is 37.0 Å². The molecule has 1 fully saturated rings. The number of nitrogens with two attached hydrogens (primary N) is 1. The van der Waals surface area contributed by atoms with Crippen molar-refractivity contribution in [3.63, 3.8) is 0 Å². The summed E-state index contributed by atoms with van der Waals surface area (Å²) in [5.41, 5.74) is 7.14. The van der Waals surface area contributed by atoms with Crippen molar-refractivity contribution in [1.82, 2.24) is 4.98 Å². The van der Waals surface area contributed by atoms with E-state index < -0.39 is 0 Å². The molecule has 1 heterocycles. The van der Waals surface area contributed by atoms with Crippen LogP contribution in [0.1, 0.15) is 44.8 Å². The quantitative estimate of drug-likeness (QED) is 0.872. The van der Waals surface area contributed by atoms with Crippen LogP contribution in [-0.4, -0.2) is 4.98 Å². The fourth-order valence-electron chi connectivity index (χ4n) is 3.20. The van der Waals surface area contributed by atoms with Crippen LogP contribution >= 0.6 is 23.2 Å². The zero-order valence-corrected chi connectivity index (χ0v) is 12.4. The molecular weight excluding hydrogens is 267 g/mol. The predicted molar refractivity (Wildman–Crippen MR) is 76.9 cm³/mol. The lowest BCUT2D eigenvalue weighted by Gasteiger charge is -2.34. The standard InChI is InChI=1S/C14H20Cl2N2/c1-8-3-9(2)5-10(4-8)13(17)14-12(16)6-11(15)7-18-14/h6-10,13H,3-5,17H2,1-2H3. The summed E-state index contributed by atoms with van der Waals surface area (Å²) in [7, 11) is 0. The monoisotopic (exact) mass is 286 g/mol. The number of hydrogen-bond acceptors (Lipinski definition) is 2. The number of nitrogens with zero attached hydrogens (tertiary/aromatic N) is 1. The summed E-state index contributed by atoms with van der Waals surface area (Å²) in [6.07, 6.45) is 5.24. The summed E-state index contributed by atoms with van der Waals surface area (Å²) in [6, 6.07) is 1.64. The minimum absolute atomic E-state index is 0.0834.